The van der Waals surface area contributed by atoms with E-state index in [2.05, 4.69) is 68.3 Å². The Balaban J connectivity index is 1.96. The van der Waals surface area contributed by atoms with Crippen LogP contribution in [0.1, 0.15) is 22.3 Å². The molecule has 0 aromatic heterocycles. The van der Waals surface area contributed by atoms with Crippen LogP contribution in [0, 0.1) is 13.8 Å². The van der Waals surface area contributed by atoms with Crippen molar-refractivity contribution in [1.82, 2.24) is 4.90 Å². The molecule has 2 rings (SSSR count). The number of likely N-dealkylation sites (N-methyl/N-ethyl adjacent to an activating group) is 1. The van der Waals surface area contributed by atoms with Crippen LogP contribution in [0.3, 0.4) is 0 Å². The smallest absolute Gasteiger partial charge is 0.122 e. The molecule has 0 aliphatic heterocycles. The Morgan fingerprint density at radius 3 is 2.33 bits per heavy atom. The fraction of sp³-hybridized carbons (Fsp3) is 0.368. The summed E-state index contributed by atoms with van der Waals surface area (Å²) in [6.07, 6.45) is 1.09. The molecular formula is C19H25NO. The molecule has 0 aliphatic carbocycles. The highest BCUT2D eigenvalue weighted by Crippen LogP contribution is 2.24. The van der Waals surface area contributed by atoms with Gasteiger partial charge in [0.15, 0.2) is 0 Å². The summed E-state index contributed by atoms with van der Waals surface area (Å²) in [6.45, 7) is 6.35. The summed E-state index contributed by atoms with van der Waals surface area (Å²) in [6, 6.07) is 14.9. The predicted octanol–water partition coefficient (Wildman–Crippen LogP) is 3.99. The second-order valence-corrected chi connectivity index (χ2v) is 5.65. The number of benzene rings is 2. The van der Waals surface area contributed by atoms with E-state index in [-0.39, 0.29) is 0 Å². The van der Waals surface area contributed by atoms with Crippen LogP contribution in [0.4, 0.5) is 0 Å². The lowest BCUT2D eigenvalue weighted by Crippen LogP contribution is -2.21. The maximum absolute atomic E-state index is 5.38. The van der Waals surface area contributed by atoms with Crippen LogP contribution in [-0.2, 0) is 13.0 Å². The topological polar surface area (TPSA) is 12.5 Å². The highest BCUT2D eigenvalue weighted by atomic mass is 16.5. The number of rotatable bonds is 6. The molecule has 2 aromatic carbocycles. The fourth-order valence-electron chi connectivity index (χ4n) is 2.58. The number of methoxy groups -OCH3 is 1. The molecule has 0 fully saturated rings. The lowest BCUT2D eigenvalue weighted by molar-refractivity contribution is 0.330. The Kier molecular flexibility index (Phi) is 5.40. The van der Waals surface area contributed by atoms with Gasteiger partial charge < -0.3 is 9.64 Å². The van der Waals surface area contributed by atoms with E-state index in [9.17, 15) is 0 Å². The maximum atomic E-state index is 5.38. The first kappa shape index (κ1) is 15.6. The highest BCUT2D eigenvalue weighted by molar-refractivity contribution is 5.43. The molecule has 0 aliphatic rings. The monoisotopic (exact) mass is 283 g/mol. The zero-order chi connectivity index (χ0) is 15.2. The normalized spacial score (nSPS) is 10.9. The highest BCUT2D eigenvalue weighted by Gasteiger charge is 2.08. The van der Waals surface area contributed by atoms with Crippen molar-refractivity contribution < 1.29 is 4.74 Å². The predicted molar refractivity (Wildman–Crippen MR) is 88.9 cm³/mol. The Hall–Kier alpha value is -1.80. The summed E-state index contributed by atoms with van der Waals surface area (Å²) >= 11 is 0. The summed E-state index contributed by atoms with van der Waals surface area (Å²) in [5, 5.41) is 0. The maximum Gasteiger partial charge on any atom is 0.122 e. The van der Waals surface area contributed by atoms with Crippen LogP contribution in [-0.4, -0.2) is 25.6 Å². The van der Waals surface area contributed by atoms with Crippen molar-refractivity contribution in [3.63, 3.8) is 0 Å². The molecule has 0 spiro atoms. The largest absolute Gasteiger partial charge is 0.496 e. The van der Waals surface area contributed by atoms with Gasteiger partial charge in [0.05, 0.1) is 7.11 Å². The van der Waals surface area contributed by atoms with E-state index >= 15 is 0 Å². The van der Waals surface area contributed by atoms with Crippen molar-refractivity contribution in [2.75, 3.05) is 20.7 Å². The zero-order valence-corrected chi connectivity index (χ0v) is 13.5. The quantitative estimate of drug-likeness (QED) is 0.795. The molecule has 0 saturated heterocycles. The van der Waals surface area contributed by atoms with Crippen LogP contribution in [0.2, 0.25) is 0 Å². The van der Waals surface area contributed by atoms with Gasteiger partial charge in [-0.3, -0.25) is 0 Å². The van der Waals surface area contributed by atoms with E-state index in [1.165, 1.54) is 22.3 Å². The average molecular weight is 283 g/mol. The molecular weight excluding hydrogens is 258 g/mol. The summed E-state index contributed by atoms with van der Waals surface area (Å²) in [5.74, 6) is 0.975. The third-order valence-corrected chi connectivity index (χ3v) is 4.13. The molecule has 21 heavy (non-hydrogen) atoms. The van der Waals surface area contributed by atoms with Crippen molar-refractivity contribution in [3.8, 4) is 5.75 Å². The molecule has 2 heteroatoms. The van der Waals surface area contributed by atoms with E-state index in [0.717, 1.165) is 25.3 Å². The first-order chi connectivity index (χ1) is 10.1. The van der Waals surface area contributed by atoms with Crippen molar-refractivity contribution >= 4 is 0 Å². The molecule has 0 radical (unpaired) electrons. The molecule has 0 N–H and O–H groups in total. The summed E-state index contributed by atoms with van der Waals surface area (Å²) in [5.41, 5.74) is 5.35. The van der Waals surface area contributed by atoms with E-state index in [1.807, 2.05) is 0 Å². The molecule has 0 unspecified atom stereocenters. The summed E-state index contributed by atoms with van der Waals surface area (Å²) in [4.78, 5) is 2.38. The number of hydrogen-bond acceptors (Lipinski definition) is 2. The van der Waals surface area contributed by atoms with Crippen LogP contribution >= 0.6 is 0 Å². The van der Waals surface area contributed by atoms with Gasteiger partial charge in [-0.1, -0.05) is 36.4 Å². The number of ether oxygens (including phenoxy) is 1. The van der Waals surface area contributed by atoms with Crippen molar-refractivity contribution in [2.45, 2.75) is 26.8 Å². The van der Waals surface area contributed by atoms with E-state index < -0.39 is 0 Å². The molecule has 112 valence electrons. The van der Waals surface area contributed by atoms with E-state index in [1.54, 1.807) is 7.11 Å². The van der Waals surface area contributed by atoms with Crippen LogP contribution in [0.25, 0.3) is 0 Å². The summed E-state index contributed by atoms with van der Waals surface area (Å²) < 4.78 is 5.38. The Morgan fingerprint density at radius 1 is 0.952 bits per heavy atom. The van der Waals surface area contributed by atoms with Crippen molar-refractivity contribution in [3.05, 3.63) is 64.7 Å². The second kappa shape index (κ2) is 7.28. The van der Waals surface area contributed by atoms with E-state index in [0.29, 0.717) is 0 Å². The van der Waals surface area contributed by atoms with Gasteiger partial charge in [-0.2, -0.15) is 0 Å². The molecule has 0 bridgehead atoms. The third-order valence-electron chi connectivity index (χ3n) is 4.13. The van der Waals surface area contributed by atoms with Gasteiger partial charge in [0.1, 0.15) is 5.75 Å². The van der Waals surface area contributed by atoms with Gasteiger partial charge in [-0.25, -0.2) is 0 Å². The fourth-order valence-corrected chi connectivity index (χ4v) is 2.58. The minimum atomic E-state index is 0.975. The SMILES string of the molecule is COc1ccc(CN(C)CCc2ccccc2)c(C)c1C. The first-order valence-corrected chi connectivity index (χ1v) is 7.47. The number of hydrogen-bond donors (Lipinski definition) is 0. The third kappa shape index (κ3) is 4.08. The Labute approximate surface area is 128 Å². The van der Waals surface area contributed by atoms with Crippen LogP contribution < -0.4 is 4.74 Å². The van der Waals surface area contributed by atoms with Crippen LogP contribution in [0.15, 0.2) is 42.5 Å². The van der Waals surface area contributed by atoms with Gasteiger partial charge in [0, 0.05) is 13.1 Å². The molecule has 2 nitrogen and oxygen atoms in total. The zero-order valence-electron chi connectivity index (χ0n) is 13.5. The van der Waals surface area contributed by atoms with Gasteiger partial charge in [-0.15, -0.1) is 0 Å². The Bertz CT molecular complexity index is 578. The van der Waals surface area contributed by atoms with Gasteiger partial charge in [0.2, 0.25) is 0 Å². The lowest BCUT2D eigenvalue weighted by Gasteiger charge is -2.20. The minimum Gasteiger partial charge on any atom is -0.496 e. The Morgan fingerprint density at radius 2 is 1.67 bits per heavy atom. The van der Waals surface area contributed by atoms with E-state index in [4.69, 9.17) is 4.74 Å². The van der Waals surface area contributed by atoms with Crippen LogP contribution in [0.5, 0.6) is 5.75 Å². The molecule has 2 aromatic rings. The lowest BCUT2D eigenvalue weighted by atomic mass is 10.0. The number of nitrogens with zero attached hydrogens (tertiary/aromatic N) is 1. The molecule has 0 heterocycles. The van der Waals surface area contributed by atoms with Gasteiger partial charge in [0.25, 0.3) is 0 Å². The second-order valence-electron chi connectivity index (χ2n) is 5.65. The first-order valence-electron chi connectivity index (χ1n) is 7.47. The van der Waals surface area contributed by atoms with Crippen molar-refractivity contribution in [2.24, 2.45) is 0 Å². The molecule has 0 saturated carbocycles. The summed E-state index contributed by atoms with van der Waals surface area (Å²) in [7, 11) is 3.91. The standard InChI is InChI=1S/C19H25NO/c1-15-16(2)19(21-4)11-10-18(15)14-20(3)13-12-17-8-6-5-7-9-17/h5-11H,12-14H2,1-4H3. The van der Waals surface area contributed by atoms with Gasteiger partial charge in [-0.05, 0) is 55.6 Å². The molecule has 0 atom stereocenters. The minimum absolute atomic E-state index is 0.975. The van der Waals surface area contributed by atoms with Crippen molar-refractivity contribution in [1.29, 1.82) is 0 Å². The molecule has 0 amide bonds. The average Bonchev–Trinajstić information content (AvgIpc) is 2.51. The van der Waals surface area contributed by atoms with Gasteiger partial charge >= 0.3 is 0 Å².